The second-order valence-electron chi connectivity index (χ2n) is 5.16. The molecular weight excluding hydrogens is 364 g/mol. The zero-order valence-corrected chi connectivity index (χ0v) is 15.3. The van der Waals surface area contributed by atoms with E-state index in [1.807, 2.05) is 23.1 Å². The first-order valence-electron chi connectivity index (χ1n) is 7.36. The Hall–Kier alpha value is -0.360. The van der Waals surface area contributed by atoms with Crippen LogP contribution in [0.2, 0.25) is 0 Å². The van der Waals surface area contributed by atoms with Gasteiger partial charge in [0.1, 0.15) is 5.01 Å². The fourth-order valence-corrected chi connectivity index (χ4v) is 5.35. The van der Waals surface area contributed by atoms with Crippen molar-refractivity contribution < 1.29 is 0 Å². The molecule has 1 heterocycles. The molecule has 1 aliphatic carbocycles. The van der Waals surface area contributed by atoms with E-state index >= 15 is 0 Å². The van der Waals surface area contributed by atoms with Gasteiger partial charge in [0.05, 0.1) is 17.5 Å². The number of fused-ring (bicyclic) bond motifs is 1. The van der Waals surface area contributed by atoms with Crippen molar-refractivity contribution in [3.63, 3.8) is 0 Å². The van der Waals surface area contributed by atoms with E-state index in [0.717, 1.165) is 16.8 Å². The van der Waals surface area contributed by atoms with Gasteiger partial charge in [-0.2, -0.15) is 0 Å². The molecule has 0 bridgehead atoms. The number of aryl methyl sites for hydroxylation is 1. The van der Waals surface area contributed by atoms with Crippen molar-refractivity contribution in [1.29, 1.82) is 0 Å². The van der Waals surface area contributed by atoms with Crippen molar-refractivity contribution >= 4 is 39.0 Å². The Morgan fingerprint density at radius 1 is 1.48 bits per heavy atom. The molecule has 0 saturated carbocycles. The molecule has 1 atom stereocenters. The maximum absolute atomic E-state index is 4.91. The largest absolute Gasteiger partial charge is 0.309 e. The van der Waals surface area contributed by atoms with E-state index in [1.165, 1.54) is 39.7 Å². The van der Waals surface area contributed by atoms with Gasteiger partial charge in [-0.1, -0.05) is 28.9 Å². The molecule has 0 amide bonds. The SMILES string of the molecule is CCNC1CCCc2sc(CSc3cccc(Br)c3)nc21. The van der Waals surface area contributed by atoms with Crippen LogP contribution in [-0.4, -0.2) is 11.5 Å². The molecule has 0 fully saturated rings. The van der Waals surface area contributed by atoms with Crippen molar-refractivity contribution in [3.8, 4) is 0 Å². The average Bonchev–Trinajstić information content (AvgIpc) is 2.90. The molecule has 1 aromatic heterocycles. The summed E-state index contributed by atoms with van der Waals surface area (Å²) in [6, 6.07) is 8.94. The average molecular weight is 383 g/mol. The number of hydrogen-bond acceptors (Lipinski definition) is 4. The molecule has 5 heteroatoms. The predicted octanol–water partition coefficient (Wildman–Crippen LogP) is 5.18. The Morgan fingerprint density at radius 3 is 3.19 bits per heavy atom. The Morgan fingerprint density at radius 2 is 2.38 bits per heavy atom. The smallest absolute Gasteiger partial charge is 0.103 e. The summed E-state index contributed by atoms with van der Waals surface area (Å²) in [6.07, 6.45) is 3.71. The molecule has 2 aromatic rings. The summed E-state index contributed by atoms with van der Waals surface area (Å²) in [5.41, 5.74) is 1.32. The lowest BCUT2D eigenvalue weighted by Gasteiger charge is -2.21. The van der Waals surface area contributed by atoms with Crippen molar-refractivity contribution in [2.75, 3.05) is 6.54 Å². The minimum atomic E-state index is 0.472. The van der Waals surface area contributed by atoms with E-state index in [4.69, 9.17) is 4.98 Å². The number of halogens is 1. The highest BCUT2D eigenvalue weighted by molar-refractivity contribution is 9.10. The van der Waals surface area contributed by atoms with Crippen LogP contribution in [0.15, 0.2) is 33.6 Å². The quantitative estimate of drug-likeness (QED) is 0.720. The number of rotatable bonds is 5. The van der Waals surface area contributed by atoms with E-state index in [2.05, 4.69) is 52.4 Å². The van der Waals surface area contributed by atoms with E-state index < -0.39 is 0 Å². The lowest BCUT2D eigenvalue weighted by Crippen LogP contribution is -2.24. The number of nitrogens with zero attached hydrogens (tertiary/aromatic N) is 1. The van der Waals surface area contributed by atoms with Crippen LogP contribution in [0.4, 0.5) is 0 Å². The Bertz CT molecular complexity index is 612. The summed E-state index contributed by atoms with van der Waals surface area (Å²) in [4.78, 5) is 7.70. The van der Waals surface area contributed by atoms with Crippen LogP contribution in [0.5, 0.6) is 0 Å². The molecule has 0 saturated heterocycles. The van der Waals surface area contributed by atoms with Crippen LogP contribution < -0.4 is 5.32 Å². The molecule has 2 nitrogen and oxygen atoms in total. The summed E-state index contributed by atoms with van der Waals surface area (Å²) in [6.45, 7) is 3.19. The molecule has 3 rings (SSSR count). The normalized spacial score (nSPS) is 17.7. The first kappa shape index (κ1) is 15.5. The van der Waals surface area contributed by atoms with Crippen LogP contribution in [0.3, 0.4) is 0 Å². The van der Waals surface area contributed by atoms with Crippen LogP contribution in [0.1, 0.15) is 41.4 Å². The highest BCUT2D eigenvalue weighted by Crippen LogP contribution is 2.35. The second-order valence-corrected chi connectivity index (χ2v) is 8.30. The number of aromatic nitrogens is 1. The Balaban J connectivity index is 1.69. The zero-order valence-electron chi connectivity index (χ0n) is 12.1. The maximum Gasteiger partial charge on any atom is 0.103 e. The monoisotopic (exact) mass is 382 g/mol. The molecule has 1 N–H and O–H groups in total. The van der Waals surface area contributed by atoms with E-state index in [1.54, 1.807) is 0 Å². The van der Waals surface area contributed by atoms with Gasteiger partial charge < -0.3 is 5.32 Å². The van der Waals surface area contributed by atoms with Crippen LogP contribution in [0, 0.1) is 0 Å². The zero-order chi connectivity index (χ0) is 14.7. The summed E-state index contributed by atoms with van der Waals surface area (Å²) in [5.74, 6) is 0.965. The topological polar surface area (TPSA) is 24.9 Å². The number of thiazole rings is 1. The first-order valence-corrected chi connectivity index (χ1v) is 9.96. The number of benzene rings is 1. The van der Waals surface area contributed by atoms with Gasteiger partial charge in [0.25, 0.3) is 0 Å². The van der Waals surface area contributed by atoms with Crippen molar-refractivity contribution in [1.82, 2.24) is 10.3 Å². The highest BCUT2D eigenvalue weighted by atomic mass is 79.9. The summed E-state index contributed by atoms with van der Waals surface area (Å²) in [7, 11) is 0. The highest BCUT2D eigenvalue weighted by Gasteiger charge is 2.23. The van der Waals surface area contributed by atoms with Crippen LogP contribution in [-0.2, 0) is 12.2 Å². The summed E-state index contributed by atoms with van der Waals surface area (Å²) >= 11 is 7.29. The lowest BCUT2D eigenvalue weighted by molar-refractivity contribution is 0.465. The third kappa shape index (κ3) is 3.89. The molecule has 112 valence electrons. The fraction of sp³-hybridized carbons (Fsp3) is 0.438. The first-order chi connectivity index (χ1) is 10.3. The molecule has 1 unspecified atom stereocenters. The number of thioether (sulfide) groups is 1. The second kappa shape index (κ2) is 7.27. The predicted molar refractivity (Wildman–Crippen MR) is 95.2 cm³/mol. The van der Waals surface area contributed by atoms with Gasteiger partial charge in [-0.25, -0.2) is 4.98 Å². The molecular formula is C16H19BrN2S2. The van der Waals surface area contributed by atoms with Gasteiger partial charge in [0.2, 0.25) is 0 Å². The fourth-order valence-electron chi connectivity index (χ4n) is 2.68. The number of hydrogen-bond donors (Lipinski definition) is 1. The lowest BCUT2D eigenvalue weighted by atomic mass is 9.98. The third-order valence-corrected chi connectivity index (χ3v) is 6.42. The van der Waals surface area contributed by atoms with Gasteiger partial charge >= 0.3 is 0 Å². The number of nitrogens with one attached hydrogen (secondary N) is 1. The van der Waals surface area contributed by atoms with Gasteiger partial charge in [-0.3, -0.25) is 0 Å². The van der Waals surface area contributed by atoms with Crippen LogP contribution in [0.25, 0.3) is 0 Å². The van der Waals surface area contributed by atoms with Crippen molar-refractivity contribution in [2.45, 2.75) is 42.9 Å². The van der Waals surface area contributed by atoms with Crippen LogP contribution >= 0.6 is 39.0 Å². The van der Waals surface area contributed by atoms with Gasteiger partial charge in [0, 0.05) is 14.2 Å². The molecule has 0 spiro atoms. The van der Waals surface area contributed by atoms with E-state index in [0.29, 0.717) is 6.04 Å². The molecule has 0 radical (unpaired) electrons. The molecule has 1 aliphatic rings. The minimum Gasteiger partial charge on any atom is -0.309 e. The molecule has 21 heavy (non-hydrogen) atoms. The van der Waals surface area contributed by atoms with Crippen molar-refractivity contribution in [3.05, 3.63) is 44.3 Å². The minimum absolute atomic E-state index is 0.472. The third-order valence-electron chi connectivity index (χ3n) is 3.61. The van der Waals surface area contributed by atoms with E-state index in [9.17, 15) is 0 Å². The molecule has 0 aliphatic heterocycles. The van der Waals surface area contributed by atoms with Gasteiger partial charge in [-0.15, -0.1) is 23.1 Å². The Labute approximate surface area is 142 Å². The van der Waals surface area contributed by atoms with Gasteiger partial charge in [0.15, 0.2) is 0 Å². The van der Waals surface area contributed by atoms with Gasteiger partial charge in [-0.05, 0) is 44.0 Å². The standard InChI is InChI=1S/C16H19BrN2S2/c1-2-18-13-7-4-8-14-16(13)19-15(21-14)10-20-12-6-3-5-11(17)9-12/h3,5-6,9,13,18H,2,4,7-8,10H2,1H3. The Kier molecular flexibility index (Phi) is 5.38. The summed E-state index contributed by atoms with van der Waals surface area (Å²) < 4.78 is 1.14. The maximum atomic E-state index is 4.91. The van der Waals surface area contributed by atoms with E-state index in [-0.39, 0.29) is 0 Å². The van der Waals surface area contributed by atoms with Crippen molar-refractivity contribution in [2.24, 2.45) is 0 Å². The summed E-state index contributed by atoms with van der Waals surface area (Å²) in [5, 5.41) is 4.83. The molecule has 1 aromatic carbocycles.